The van der Waals surface area contributed by atoms with Crippen molar-refractivity contribution in [3.8, 4) is 0 Å². The van der Waals surface area contributed by atoms with E-state index in [-0.39, 0.29) is 6.04 Å². The Labute approximate surface area is 134 Å². The van der Waals surface area contributed by atoms with Gasteiger partial charge in [0.25, 0.3) is 0 Å². The second-order valence-electron chi connectivity index (χ2n) is 6.02. The molecule has 2 N–H and O–H groups in total. The molecule has 0 saturated heterocycles. The van der Waals surface area contributed by atoms with Gasteiger partial charge >= 0.3 is 5.97 Å². The Bertz CT molecular complexity index is 681. The zero-order chi connectivity index (χ0) is 15.7. The zero-order valence-electron chi connectivity index (χ0n) is 12.7. The van der Waals surface area contributed by atoms with Gasteiger partial charge in [0.1, 0.15) is 0 Å². The molecule has 0 radical (unpaired) electrons. The van der Waals surface area contributed by atoms with Gasteiger partial charge in [-0.1, -0.05) is 38.1 Å². The fraction of sp³-hybridized carbons (Fsp3) is 0.412. The average Bonchev–Trinajstić information content (AvgIpc) is 3.10. The zero-order valence-corrected chi connectivity index (χ0v) is 13.6. The summed E-state index contributed by atoms with van der Waals surface area (Å²) in [4.78, 5) is 16.0. The first kappa shape index (κ1) is 15.2. The van der Waals surface area contributed by atoms with Crippen molar-refractivity contribution in [3.05, 3.63) is 51.5 Å². The van der Waals surface area contributed by atoms with Crippen molar-refractivity contribution in [1.29, 1.82) is 0 Å². The van der Waals surface area contributed by atoms with E-state index in [2.05, 4.69) is 29.5 Å². The third-order valence-corrected chi connectivity index (χ3v) is 5.30. The normalized spacial score (nSPS) is 20.3. The largest absolute Gasteiger partial charge is 0.481 e. The lowest BCUT2D eigenvalue weighted by Crippen LogP contribution is -2.19. The summed E-state index contributed by atoms with van der Waals surface area (Å²) in [6.07, 6.45) is 0.607. The molecule has 0 aliphatic heterocycles. The fourth-order valence-corrected chi connectivity index (χ4v) is 3.79. The van der Waals surface area contributed by atoms with Gasteiger partial charge in [0.15, 0.2) is 0 Å². The monoisotopic (exact) mass is 316 g/mol. The van der Waals surface area contributed by atoms with Crippen LogP contribution in [-0.4, -0.2) is 16.1 Å². The van der Waals surface area contributed by atoms with Gasteiger partial charge in [0.05, 0.1) is 16.6 Å². The van der Waals surface area contributed by atoms with Crippen LogP contribution in [0.15, 0.2) is 29.6 Å². The number of hydrogen-bond donors (Lipinski definition) is 2. The molecule has 2 atom stereocenters. The van der Waals surface area contributed by atoms with Gasteiger partial charge in [-0.2, -0.15) is 0 Å². The molecule has 116 valence electrons. The van der Waals surface area contributed by atoms with Gasteiger partial charge in [-0.3, -0.25) is 4.79 Å². The standard InChI is InChI=1S/C17H20N2O2S/c1-10(2)16-19-11(9-22-16)8-18-15-7-14(17(20)21)12-5-3-4-6-13(12)15/h3-6,9-10,14-15,18H,7-8H2,1-2H3,(H,20,21)/t14-,15+/m0/s1. The minimum atomic E-state index is -0.743. The molecule has 5 heteroatoms. The molecule has 1 heterocycles. The average molecular weight is 316 g/mol. The lowest BCUT2D eigenvalue weighted by Gasteiger charge is -2.13. The van der Waals surface area contributed by atoms with Crippen LogP contribution >= 0.6 is 11.3 Å². The fourth-order valence-electron chi connectivity index (χ4n) is 2.96. The number of nitrogens with zero attached hydrogens (tertiary/aromatic N) is 1. The topological polar surface area (TPSA) is 62.2 Å². The molecule has 0 bridgehead atoms. The molecule has 2 aromatic rings. The molecule has 22 heavy (non-hydrogen) atoms. The highest BCUT2D eigenvalue weighted by Crippen LogP contribution is 2.40. The first-order chi connectivity index (χ1) is 10.6. The highest BCUT2D eigenvalue weighted by molar-refractivity contribution is 7.09. The second-order valence-corrected chi connectivity index (χ2v) is 6.91. The van der Waals surface area contributed by atoms with Crippen molar-refractivity contribution in [2.75, 3.05) is 0 Å². The Balaban J connectivity index is 1.72. The molecule has 1 aliphatic rings. The van der Waals surface area contributed by atoms with E-state index in [1.165, 1.54) is 0 Å². The van der Waals surface area contributed by atoms with Crippen molar-refractivity contribution in [3.63, 3.8) is 0 Å². The molecule has 0 unspecified atom stereocenters. The summed E-state index contributed by atoms with van der Waals surface area (Å²) in [7, 11) is 0. The maximum Gasteiger partial charge on any atom is 0.311 e. The van der Waals surface area contributed by atoms with E-state index >= 15 is 0 Å². The minimum absolute atomic E-state index is 0.0847. The summed E-state index contributed by atoms with van der Waals surface area (Å²) < 4.78 is 0. The van der Waals surface area contributed by atoms with Crippen molar-refractivity contribution < 1.29 is 9.90 Å². The number of thiazole rings is 1. The molecule has 3 rings (SSSR count). The lowest BCUT2D eigenvalue weighted by atomic mass is 10.0. The Hall–Kier alpha value is -1.72. The smallest absolute Gasteiger partial charge is 0.311 e. The molecule has 1 aromatic carbocycles. The Morgan fingerprint density at radius 1 is 1.41 bits per heavy atom. The first-order valence-electron chi connectivity index (χ1n) is 7.55. The van der Waals surface area contributed by atoms with Crippen molar-refractivity contribution in [2.24, 2.45) is 0 Å². The van der Waals surface area contributed by atoms with Crippen molar-refractivity contribution in [1.82, 2.24) is 10.3 Å². The summed E-state index contributed by atoms with van der Waals surface area (Å²) >= 11 is 1.69. The Kier molecular flexibility index (Phi) is 4.27. The van der Waals surface area contributed by atoms with E-state index in [9.17, 15) is 9.90 Å². The predicted molar refractivity (Wildman–Crippen MR) is 87.2 cm³/mol. The number of nitrogens with one attached hydrogen (secondary N) is 1. The third kappa shape index (κ3) is 2.91. The maximum atomic E-state index is 11.4. The molecule has 4 nitrogen and oxygen atoms in total. The van der Waals surface area contributed by atoms with Crippen LogP contribution in [0.1, 0.15) is 60.0 Å². The van der Waals surface area contributed by atoms with Crippen LogP contribution in [0.5, 0.6) is 0 Å². The quantitative estimate of drug-likeness (QED) is 0.883. The van der Waals surface area contributed by atoms with E-state index in [0.29, 0.717) is 18.9 Å². The van der Waals surface area contributed by atoms with Gasteiger partial charge < -0.3 is 10.4 Å². The molecule has 1 aliphatic carbocycles. The number of rotatable bonds is 5. The van der Waals surface area contributed by atoms with Crippen LogP contribution in [0.2, 0.25) is 0 Å². The van der Waals surface area contributed by atoms with Crippen LogP contribution in [0.3, 0.4) is 0 Å². The summed E-state index contributed by atoms with van der Waals surface area (Å²) in [6.45, 7) is 4.95. The number of aromatic nitrogens is 1. The number of carboxylic acid groups (broad SMARTS) is 1. The Morgan fingerprint density at radius 2 is 2.14 bits per heavy atom. The predicted octanol–water partition coefficient (Wildman–Crippen LogP) is 3.67. The summed E-state index contributed by atoms with van der Waals surface area (Å²) in [5.41, 5.74) is 3.08. The highest BCUT2D eigenvalue weighted by atomic mass is 32.1. The van der Waals surface area contributed by atoms with Crippen molar-refractivity contribution in [2.45, 2.75) is 44.7 Å². The van der Waals surface area contributed by atoms with Gasteiger partial charge in [0.2, 0.25) is 0 Å². The van der Waals surface area contributed by atoms with Crippen LogP contribution in [-0.2, 0) is 11.3 Å². The van der Waals surface area contributed by atoms with E-state index in [4.69, 9.17) is 0 Å². The number of benzene rings is 1. The number of hydrogen-bond acceptors (Lipinski definition) is 4. The highest BCUT2D eigenvalue weighted by Gasteiger charge is 2.34. The molecular formula is C17H20N2O2S. The van der Waals surface area contributed by atoms with Crippen molar-refractivity contribution >= 4 is 17.3 Å². The number of carbonyl (C=O) groups is 1. The van der Waals surface area contributed by atoms with Gasteiger partial charge in [-0.15, -0.1) is 11.3 Å². The summed E-state index contributed by atoms with van der Waals surface area (Å²) in [5, 5.41) is 16.1. The number of carboxylic acids is 1. The van der Waals surface area contributed by atoms with E-state index in [1.807, 2.05) is 24.3 Å². The molecule has 0 amide bonds. The second kappa shape index (κ2) is 6.18. The van der Waals surface area contributed by atoms with E-state index in [1.54, 1.807) is 11.3 Å². The van der Waals surface area contributed by atoms with Gasteiger partial charge in [-0.05, 0) is 17.5 Å². The molecular weight excluding hydrogens is 296 g/mol. The lowest BCUT2D eigenvalue weighted by molar-refractivity contribution is -0.138. The van der Waals surface area contributed by atoms with Gasteiger partial charge in [0, 0.05) is 23.9 Å². The van der Waals surface area contributed by atoms with Crippen LogP contribution in [0, 0.1) is 0 Å². The Morgan fingerprint density at radius 3 is 2.77 bits per heavy atom. The summed E-state index contributed by atoms with van der Waals surface area (Å²) in [6, 6.07) is 7.91. The SMILES string of the molecule is CC(C)c1nc(CN[C@@H]2C[C@H](C(=O)O)c3ccccc32)cs1. The minimum Gasteiger partial charge on any atom is -0.481 e. The first-order valence-corrected chi connectivity index (χ1v) is 8.43. The van der Waals surface area contributed by atoms with E-state index in [0.717, 1.165) is 21.8 Å². The van der Waals surface area contributed by atoms with Gasteiger partial charge in [-0.25, -0.2) is 4.98 Å². The van der Waals surface area contributed by atoms with Crippen LogP contribution in [0.4, 0.5) is 0 Å². The summed E-state index contributed by atoms with van der Waals surface area (Å²) in [5.74, 6) is -0.704. The number of aliphatic carboxylic acids is 1. The maximum absolute atomic E-state index is 11.4. The molecule has 0 spiro atoms. The van der Waals surface area contributed by atoms with Crippen LogP contribution in [0.25, 0.3) is 0 Å². The molecule has 0 fully saturated rings. The molecule has 1 aromatic heterocycles. The third-order valence-electron chi connectivity index (χ3n) is 4.11. The van der Waals surface area contributed by atoms with Crippen LogP contribution < -0.4 is 5.32 Å². The van der Waals surface area contributed by atoms with E-state index < -0.39 is 11.9 Å². The molecule has 0 saturated carbocycles. The number of fused-ring (bicyclic) bond motifs is 1.